The van der Waals surface area contributed by atoms with Gasteiger partial charge in [-0.3, -0.25) is 14.5 Å². The molecule has 1 aliphatic heterocycles. The Bertz CT molecular complexity index is 1430. The predicted octanol–water partition coefficient (Wildman–Crippen LogP) is 6.37. The summed E-state index contributed by atoms with van der Waals surface area (Å²) in [6.07, 6.45) is 0.706. The molecule has 198 valence electrons. The number of amides is 2. The number of hydrogen-bond donors (Lipinski definition) is 0. The normalized spacial score (nSPS) is 14.8. The van der Waals surface area contributed by atoms with Crippen molar-refractivity contribution in [3.8, 4) is 11.5 Å². The van der Waals surface area contributed by atoms with Crippen molar-refractivity contribution in [1.82, 2.24) is 0 Å². The molecule has 39 heavy (non-hydrogen) atoms. The van der Waals surface area contributed by atoms with E-state index in [1.807, 2.05) is 108 Å². The van der Waals surface area contributed by atoms with Crippen LogP contribution in [0.3, 0.4) is 0 Å². The second-order valence-electron chi connectivity index (χ2n) is 9.11. The number of methoxy groups -OCH3 is 2. The molecule has 2 amide bonds. The van der Waals surface area contributed by atoms with Crippen LogP contribution in [0.4, 0.5) is 11.4 Å². The van der Waals surface area contributed by atoms with E-state index in [9.17, 15) is 9.59 Å². The number of ether oxygens (including phenoxy) is 2. The first-order chi connectivity index (χ1) is 19.1. The summed E-state index contributed by atoms with van der Waals surface area (Å²) in [5.41, 5.74) is 4.26. The Kier molecular flexibility index (Phi) is 8.18. The molecule has 4 aromatic carbocycles. The summed E-state index contributed by atoms with van der Waals surface area (Å²) in [6.45, 7) is 0.533. The van der Waals surface area contributed by atoms with Crippen LogP contribution in [0, 0.1) is 0 Å². The van der Waals surface area contributed by atoms with Crippen molar-refractivity contribution in [3.05, 3.63) is 120 Å². The molecule has 0 aliphatic carbocycles. The Morgan fingerprint density at radius 2 is 1.56 bits per heavy atom. The first-order valence-electron chi connectivity index (χ1n) is 12.8. The summed E-state index contributed by atoms with van der Waals surface area (Å²) in [5, 5.41) is -0.196. The van der Waals surface area contributed by atoms with Gasteiger partial charge in [-0.2, -0.15) is 0 Å². The lowest BCUT2D eigenvalue weighted by Gasteiger charge is -2.26. The molecular weight excluding hydrogens is 508 g/mol. The molecule has 0 aromatic heterocycles. The third kappa shape index (κ3) is 5.78. The van der Waals surface area contributed by atoms with Crippen LogP contribution < -0.4 is 19.3 Å². The van der Waals surface area contributed by atoms with Crippen molar-refractivity contribution in [2.45, 2.75) is 11.8 Å². The molecule has 0 N–H and O–H groups in total. The van der Waals surface area contributed by atoms with Crippen LogP contribution in [0.2, 0.25) is 0 Å². The van der Waals surface area contributed by atoms with E-state index in [0.29, 0.717) is 30.0 Å². The van der Waals surface area contributed by atoms with E-state index in [2.05, 4.69) is 0 Å². The monoisotopic (exact) mass is 538 g/mol. The third-order valence-corrected chi connectivity index (χ3v) is 7.96. The van der Waals surface area contributed by atoms with Gasteiger partial charge in [-0.1, -0.05) is 54.6 Å². The van der Waals surface area contributed by atoms with E-state index in [-0.39, 0.29) is 17.2 Å². The van der Waals surface area contributed by atoms with Gasteiger partial charge in [-0.15, -0.1) is 11.8 Å². The lowest BCUT2D eigenvalue weighted by molar-refractivity contribution is -0.115. The van der Waals surface area contributed by atoms with Crippen LogP contribution in [-0.2, 0) is 11.2 Å². The Labute approximate surface area is 233 Å². The van der Waals surface area contributed by atoms with E-state index in [0.717, 1.165) is 28.3 Å². The first-order valence-corrected chi connectivity index (χ1v) is 13.8. The zero-order valence-electron chi connectivity index (χ0n) is 21.9. The van der Waals surface area contributed by atoms with E-state index in [4.69, 9.17) is 9.47 Å². The van der Waals surface area contributed by atoms with Crippen LogP contribution in [-0.4, -0.2) is 38.3 Å². The fourth-order valence-corrected chi connectivity index (χ4v) is 5.86. The van der Waals surface area contributed by atoms with Crippen LogP contribution in [0.15, 0.2) is 103 Å². The molecule has 1 heterocycles. The molecule has 6 nitrogen and oxygen atoms in total. The third-order valence-electron chi connectivity index (χ3n) is 6.75. The Morgan fingerprint density at radius 3 is 2.26 bits per heavy atom. The SMILES string of the molecule is COc1ccc(CCN(C(=O)c2ccc(C3SCC(=O)N3c3ccccc3OC)cc2)c2ccccc2)cc1. The molecule has 0 spiro atoms. The smallest absolute Gasteiger partial charge is 0.258 e. The van der Waals surface area contributed by atoms with Gasteiger partial charge in [0.2, 0.25) is 5.91 Å². The predicted molar refractivity (Wildman–Crippen MR) is 157 cm³/mol. The fourth-order valence-electron chi connectivity index (χ4n) is 4.69. The molecule has 0 bridgehead atoms. The molecule has 4 aromatic rings. The molecule has 1 unspecified atom stereocenters. The summed E-state index contributed by atoms with van der Waals surface area (Å²) in [4.78, 5) is 30.2. The number of carbonyl (C=O) groups excluding carboxylic acids is 2. The molecule has 7 heteroatoms. The van der Waals surface area contributed by atoms with E-state index >= 15 is 0 Å². The van der Waals surface area contributed by atoms with Gasteiger partial charge in [0.15, 0.2) is 0 Å². The zero-order chi connectivity index (χ0) is 27.2. The number of nitrogens with zero attached hydrogens (tertiary/aromatic N) is 2. The Balaban J connectivity index is 1.37. The van der Waals surface area contributed by atoms with Gasteiger partial charge in [0.25, 0.3) is 5.91 Å². The molecule has 1 aliphatic rings. The van der Waals surface area contributed by atoms with Crippen molar-refractivity contribution in [3.63, 3.8) is 0 Å². The Hall–Kier alpha value is -4.23. The minimum atomic E-state index is -0.196. The van der Waals surface area contributed by atoms with Crippen molar-refractivity contribution in [1.29, 1.82) is 0 Å². The number of rotatable bonds is 9. The van der Waals surface area contributed by atoms with E-state index < -0.39 is 0 Å². The molecular formula is C32H30N2O4S. The lowest BCUT2D eigenvalue weighted by Crippen LogP contribution is -2.33. The largest absolute Gasteiger partial charge is 0.497 e. The van der Waals surface area contributed by atoms with Crippen molar-refractivity contribution < 1.29 is 19.1 Å². The number of thioether (sulfide) groups is 1. The lowest BCUT2D eigenvalue weighted by atomic mass is 10.1. The molecule has 0 radical (unpaired) electrons. The maximum absolute atomic E-state index is 13.7. The number of carbonyl (C=O) groups is 2. The van der Waals surface area contributed by atoms with Gasteiger partial charge in [-0.05, 0) is 66.1 Å². The minimum absolute atomic E-state index is 0.0310. The van der Waals surface area contributed by atoms with Gasteiger partial charge >= 0.3 is 0 Å². The highest BCUT2D eigenvalue weighted by Gasteiger charge is 2.35. The van der Waals surface area contributed by atoms with Crippen molar-refractivity contribution in [2.75, 3.05) is 36.3 Å². The van der Waals surface area contributed by atoms with Gasteiger partial charge in [0.1, 0.15) is 16.9 Å². The van der Waals surface area contributed by atoms with Gasteiger partial charge < -0.3 is 14.4 Å². The van der Waals surface area contributed by atoms with Crippen molar-refractivity contribution in [2.24, 2.45) is 0 Å². The Morgan fingerprint density at radius 1 is 0.872 bits per heavy atom. The number of anilines is 2. The van der Waals surface area contributed by atoms with Gasteiger partial charge in [0, 0.05) is 17.8 Å². The minimum Gasteiger partial charge on any atom is -0.497 e. The molecule has 1 fully saturated rings. The topological polar surface area (TPSA) is 59.1 Å². The summed E-state index contributed by atoms with van der Waals surface area (Å²) < 4.78 is 10.8. The summed E-state index contributed by atoms with van der Waals surface area (Å²) in [6, 6.07) is 32.8. The van der Waals surface area contributed by atoms with Crippen LogP contribution in [0.25, 0.3) is 0 Å². The quantitative estimate of drug-likeness (QED) is 0.248. The summed E-state index contributed by atoms with van der Waals surface area (Å²) in [7, 11) is 3.25. The van der Waals surface area contributed by atoms with E-state index in [1.165, 1.54) is 0 Å². The van der Waals surface area contributed by atoms with Gasteiger partial charge in [0.05, 0.1) is 25.7 Å². The number of hydrogen-bond acceptors (Lipinski definition) is 5. The van der Waals surface area contributed by atoms with Crippen LogP contribution in [0.5, 0.6) is 11.5 Å². The second kappa shape index (κ2) is 12.1. The molecule has 1 atom stereocenters. The summed E-state index contributed by atoms with van der Waals surface area (Å²) >= 11 is 1.57. The van der Waals surface area contributed by atoms with Crippen LogP contribution >= 0.6 is 11.8 Å². The highest BCUT2D eigenvalue weighted by molar-refractivity contribution is 8.00. The number of benzene rings is 4. The maximum atomic E-state index is 13.7. The molecule has 5 rings (SSSR count). The molecule has 0 saturated carbocycles. The summed E-state index contributed by atoms with van der Waals surface area (Å²) in [5.74, 6) is 1.81. The standard InChI is InChI=1S/C32H30N2O4S/c1-37-27-18-12-23(13-19-27)20-21-33(26-8-4-3-5-9-26)31(36)24-14-16-25(17-15-24)32-34(30(35)22-39-32)28-10-6-7-11-29(28)38-2/h3-19,32H,20-22H2,1-2H3. The van der Waals surface area contributed by atoms with Crippen LogP contribution in [0.1, 0.15) is 26.9 Å². The fraction of sp³-hybridized carbons (Fsp3) is 0.188. The van der Waals surface area contributed by atoms with Crippen molar-refractivity contribution >= 4 is 35.0 Å². The highest BCUT2D eigenvalue weighted by atomic mass is 32.2. The molecule has 1 saturated heterocycles. The van der Waals surface area contributed by atoms with E-state index in [1.54, 1.807) is 30.9 Å². The highest BCUT2D eigenvalue weighted by Crippen LogP contribution is 2.44. The first kappa shape index (κ1) is 26.4. The average molecular weight is 539 g/mol. The maximum Gasteiger partial charge on any atom is 0.258 e. The van der Waals surface area contributed by atoms with Gasteiger partial charge in [-0.25, -0.2) is 0 Å². The second-order valence-corrected chi connectivity index (χ2v) is 10.2. The average Bonchev–Trinajstić information content (AvgIpc) is 3.39. The number of para-hydroxylation sites is 3. The zero-order valence-corrected chi connectivity index (χ0v) is 22.8.